The molecular formula is C12H15F2NO3S. The smallest absolute Gasteiger partial charge is 0.341 e. The first kappa shape index (κ1) is 14.2. The summed E-state index contributed by atoms with van der Waals surface area (Å²) >= 11 is 0. The third-order valence-corrected chi connectivity index (χ3v) is 4.41. The Morgan fingerprint density at radius 1 is 1.37 bits per heavy atom. The Bertz CT molecular complexity index is 528. The highest BCUT2D eigenvalue weighted by Crippen LogP contribution is 2.28. The van der Waals surface area contributed by atoms with Crippen molar-refractivity contribution in [2.24, 2.45) is 0 Å². The lowest BCUT2D eigenvalue weighted by Crippen LogP contribution is -2.28. The van der Waals surface area contributed by atoms with E-state index in [4.69, 9.17) is 4.74 Å². The fraction of sp³-hybridized carbons (Fsp3) is 0.500. The fourth-order valence-corrected chi connectivity index (χ4v) is 2.86. The molecule has 0 aromatic heterocycles. The maximum Gasteiger partial charge on any atom is 0.341 e. The molecule has 1 fully saturated rings. The van der Waals surface area contributed by atoms with E-state index >= 15 is 0 Å². The van der Waals surface area contributed by atoms with Gasteiger partial charge in [-0.15, -0.1) is 0 Å². The highest BCUT2D eigenvalue weighted by molar-refractivity contribution is 7.91. The standard InChI is InChI=1S/C12H15F2NO3S/c13-12(14)19(16,17)11-6-2-1-5-10(11)18-8-9-4-3-7-15-9/h1-2,5-6,9,12,15H,3-4,7-8H2. The third-order valence-electron chi connectivity index (χ3n) is 2.99. The number of benzene rings is 1. The van der Waals surface area contributed by atoms with Crippen molar-refractivity contribution in [3.05, 3.63) is 24.3 Å². The van der Waals surface area contributed by atoms with Gasteiger partial charge in [0.25, 0.3) is 0 Å². The van der Waals surface area contributed by atoms with Gasteiger partial charge in [-0.25, -0.2) is 8.42 Å². The highest BCUT2D eigenvalue weighted by Gasteiger charge is 2.30. The van der Waals surface area contributed by atoms with Crippen LogP contribution in [0.1, 0.15) is 12.8 Å². The van der Waals surface area contributed by atoms with Crippen molar-refractivity contribution in [1.29, 1.82) is 0 Å². The summed E-state index contributed by atoms with van der Waals surface area (Å²) in [5.41, 5.74) is 0. The molecule has 0 amide bonds. The van der Waals surface area contributed by atoms with Gasteiger partial charge in [0.05, 0.1) is 0 Å². The van der Waals surface area contributed by atoms with E-state index in [0.717, 1.165) is 25.5 Å². The second-order valence-corrected chi connectivity index (χ2v) is 6.24. The first-order valence-electron chi connectivity index (χ1n) is 5.99. The van der Waals surface area contributed by atoms with Crippen LogP contribution >= 0.6 is 0 Å². The van der Waals surface area contributed by atoms with Crippen LogP contribution in [0.15, 0.2) is 29.2 Å². The van der Waals surface area contributed by atoms with Crippen LogP contribution in [-0.2, 0) is 9.84 Å². The number of halogens is 2. The van der Waals surface area contributed by atoms with Gasteiger partial charge in [0.1, 0.15) is 17.3 Å². The summed E-state index contributed by atoms with van der Waals surface area (Å²) in [6, 6.07) is 5.63. The van der Waals surface area contributed by atoms with Crippen LogP contribution in [0.3, 0.4) is 0 Å². The first-order chi connectivity index (χ1) is 9.01. The number of rotatable bonds is 5. The molecule has 0 radical (unpaired) electrons. The van der Waals surface area contributed by atoms with Crippen molar-refractivity contribution >= 4 is 9.84 Å². The van der Waals surface area contributed by atoms with Crippen molar-refractivity contribution < 1.29 is 21.9 Å². The predicted molar refractivity (Wildman–Crippen MR) is 66.2 cm³/mol. The van der Waals surface area contributed by atoms with Crippen molar-refractivity contribution in [2.45, 2.75) is 29.5 Å². The number of hydrogen-bond donors (Lipinski definition) is 1. The molecule has 7 heteroatoms. The van der Waals surface area contributed by atoms with Crippen molar-refractivity contribution in [3.8, 4) is 5.75 Å². The van der Waals surface area contributed by atoms with E-state index < -0.39 is 20.5 Å². The maximum absolute atomic E-state index is 12.6. The van der Waals surface area contributed by atoms with Crippen LogP contribution in [-0.4, -0.2) is 33.4 Å². The first-order valence-corrected chi connectivity index (χ1v) is 7.53. The Labute approximate surface area is 110 Å². The number of ether oxygens (including phenoxy) is 1. The van der Waals surface area contributed by atoms with E-state index in [2.05, 4.69) is 5.32 Å². The average Bonchev–Trinajstić information content (AvgIpc) is 2.89. The molecule has 1 heterocycles. The van der Waals surface area contributed by atoms with E-state index in [0.29, 0.717) is 0 Å². The highest BCUT2D eigenvalue weighted by atomic mass is 32.2. The van der Waals surface area contributed by atoms with Gasteiger partial charge in [-0.2, -0.15) is 8.78 Å². The van der Waals surface area contributed by atoms with Gasteiger partial charge in [-0.3, -0.25) is 0 Å². The number of hydrogen-bond acceptors (Lipinski definition) is 4. The number of nitrogens with one attached hydrogen (secondary N) is 1. The van der Waals surface area contributed by atoms with E-state index in [1.807, 2.05) is 0 Å². The molecule has 1 aromatic carbocycles. The van der Waals surface area contributed by atoms with Crippen LogP contribution in [0.25, 0.3) is 0 Å². The van der Waals surface area contributed by atoms with Gasteiger partial charge >= 0.3 is 5.76 Å². The molecule has 0 aliphatic carbocycles. The number of sulfone groups is 1. The van der Waals surface area contributed by atoms with Gasteiger partial charge in [-0.1, -0.05) is 12.1 Å². The van der Waals surface area contributed by atoms with Crippen molar-refractivity contribution in [2.75, 3.05) is 13.2 Å². The third kappa shape index (κ3) is 3.22. The van der Waals surface area contributed by atoms with E-state index in [1.165, 1.54) is 12.1 Å². The molecular weight excluding hydrogens is 276 g/mol. The number of para-hydroxylation sites is 1. The molecule has 106 valence electrons. The quantitative estimate of drug-likeness (QED) is 0.899. The van der Waals surface area contributed by atoms with E-state index in [-0.39, 0.29) is 18.4 Å². The summed E-state index contributed by atoms with van der Waals surface area (Å²) in [6.45, 7) is 1.17. The van der Waals surface area contributed by atoms with Crippen LogP contribution < -0.4 is 10.1 Å². The molecule has 0 spiro atoms. The Hall–Kier alpha value is -1.21. The van der Waals surface area contributed by atoms with Crippen LogP contribution in [0.2, 0.25) is 0 Å². The van der Waals surface area contributed by atoms with Crippen molar-refractivity contribution in [3.63, 3.8) is 0 Å². The summed E-state index contributed by atoms with van der Waals surface area (Å²) in [6.07, 6.45) is 1.97. The van der Waals surface area contributed by atoms with Gasteiger partial charge in [0.15, 0.2) is 0 Å². The van der Waals surface area contributed by atoms with Gasteiger partial charge < -0.3 is 10.1 Å². The summed E-state index contributed by atoms with van der Waals surface area (Å²) in [4.78, 5) is -0.456. The SMILES string of the molecule is O=S(=O)(c1ccccc1OCC1CCCN1)C(F)F. The van der Waals surface area contributed by atoms with Crippen LogP contribution in [0.4, 0.5) is 8.78 Å². The summed E-state index contributed by atoms with van der Waals surface area (Å²) in [5, 5.41) is 3.19. The summed E-state index contributed by atoms with van der Waals surface area (Å²) in [5.74, 6) is -3.46. The molecule has 1 aliphatic heterocycles. The molecule has 1 N–H and O–H groups in total. The summed E-state index contributed by atoms with van der Waals surface area (Å²) in [7, 11) is -4.63. The second-order valence-electron chi connectivity index (χ2n) is 4.36. The van der Waals surface area contributed by atoms with E-state index in [9.17, 15) is 17.2 Å². The van der Waals surface area contributed by atoms with E-state index in [1.54, 1.807) is 6.07 Å². The Kier molecular flexibility index (Phi) is 4.36. The van der Waals surface area contributed by atoms with Crippen molar-refractivity contribution in [1.82, 2.24) is 5.32 Å². The Balaban J connectivity index is 2.16. The molecule has 19 heavy (non-hydrogen) atoms. The zero-order valence-corrected chi connectivity index (χ0v) is 11.0. The second kappa shape index (κ2) is 5.83. The molecule has 0 saturated carbocycles. The molecule has 2 rings (SSSR count). The maximum atomic E-state index is 12.6. The largest absolute Gasteiger partial charge is 0.491 e. The van der Waals surface area contributed by atoms with Gasteiger partial charge in [0.2, 0.25) is 9.84 Å². The van der Waals surface area contributed by atoms with Gasteiger partial charge in [0, 0.05) is 6.04 Å². The average molecular weight is 291 g/mol. The Morgan fingerprint density at radius 3 is 2.74 bits per heavy atom. The topological polar surface area (TPSA) is 55.4 Å². The molecule has 0 bridgehead atoms. The fourth-order valence-electron chi connectivity index (χ4n) is 1.99. The molecule has 1 aliphatic rings. The molecule has 1 atom stereocenters. The lowest BCUT2D eigenvalue weighted by molar-refractivity contribution is 0.232. The van der Waals surface area contributed by atoms with Gasteiger partial charge in [-0.05, 0) is 31.5 Å². The predicted octanol–water partition coefficient (Wildman–Crippen LogP) is 1.81. The molecule has 1 saturated heterocycles. The molecule has 1 aromatic rings. The lowest BCUT2D eigenvalue weighted by Gasteiger charge is -2.15. The minimum Gasteiger partial charge on any atom is -0.491 e. The molecule has 4 nitrogen and oxygen atoms in total. The van der Waals surface area contributed by atoms with Crippen LogP contribution in [0.5, 0.6) is 5.75 Å². The minimum absolute atomic E-state index is 0.0171. The monoisotopic (exact) mass is 291 g/mol. The van der Waals surface area contributed by atoms with Crippen LogP contribution in [0, 0.1) is 0 Å². The zero-order valence-electron chi connectivity index (χ0n) is 10.2. The molecule has 1 unspecified atom stereocenters. The minimum atomic E-state index is -4.63. The normalized spacial score (nSPS) is 19.8. The lowest BCUT2D eigenvalue weighted by atomic mass is 10.2. The zero-order chi connectivity index (χ0) is 13.9. The Morgan fingerprint density at radius 2 is 2.11 bits per heavy atom. The number of alkyl halides is 2. The summed E-state index contributed by atoms with van der Waals surface area (Å²) < 4.78 is 53.5.